The van der Waals surface area contributed by atoms with Gasteiger partial charge in [-0.2, -0.15) is 0 Å². The standard InChI is InChI=1S/C7H17N3O.C6H15N/c8-7-9-1-2-10-3-5-11-6-4-10;1-6(2)5-7(3)4/h9H,1-8H2;6H,5H2,1-4H3. The summed E-state index contributed by atoms with van der Waals surface area (Å²) in [5.74, 6) is 0.801. The summed E-state index contributed by atoms with van der Waals surface area (Å²) in [7, 11) is 4.19. The third-order valence-electron chi connectivity index (χ3n) is 2.58. The molecule has 0 spiro atoms. The van der Waals surface area contributed by atoms with Crippen LogP contribution in [0.4, 0.5) is 0 Å². The Kier molecular flexibility index (Phi) is 11.7. The lowest BCUT2D eigenvalue weighted by Crippen LogP contribution is -2.41. The van der Waals surface area contributed by atoms with Gasteiger partial charge >= 0.3 is 0 Å². The smallest absolute Gasteiger partial charge is 0.0594 e. The fourth-order valence-electron chi connectivity index (χ4n) is 1.89. The second-order valence-corrected chi connectivity index (χ2v) is 5.31. The predicted octanol–water partition coefficient (Wildman–Crippen LogP) is 0.0284. The molecule has 5 heteroatoms. The van der Waals surface area contributed by atoms with Crippen LogP contribution in [0.2, 0.25) is 0 Å². The molecule has 0 aromatic rings. The summed E-state index contributed by atoms with van der Waals surface area (Å²) in [6, 6.07) is 0. The second-order valence-electron chi connectivity index (χ2n) is 5.31. The molecule has 0 aromatic heterocycles. The zero-order chi connectivity index (χ0) is 13.8. The van der Waals surface area contributed by atoms with Gasteiger partial charge < -0.3 is 20.7 Å². The minimum absolute atomic E-state index is 0.574. The fraction of sp³-hybridized carbons (Fsp3) is 1.00. The van der Waals surface area contributed by atoms with Crippen LogP contribution in [-0.4, -0.2) is 76.5 Å². The Balaban J connectivity index is 0.000000360. The highest BCUT2D eigenvalue weighted by Crippen LogP contribution is 1.94. The summed E-state index contributed by atoms with van der Waals surface area (Å²) < 4.78 is 5.22. The fourth-order valence-corrected chi connectivity index (χ4v) is 1.89. The van der Waals surface area contributed by atoms with E-state index >= 15 is 0 Å². The summed E-state index contributed by atoms with van der Waals surface area (Å²) in [5.41, 5.74) is 5.29. The number of nitrogens with two attached hydrogens (primary N) is 1. The predicted molar refractivity (Wildman–Crippen MR) is 77.7 cm³/mol. The van der Waals surface area contributed by atoms with Crippen molar-refractivity contribution in [2.24, 2.45) is 11.7 Å². The average Bonchev–Trinajstić information content (AvgIpc) is 2.30. The van der Waals surface area contributed by atoms with Crippen LogP contribution < -0.4 is 11.1 Å². The molecular formula is C13H32N4O. The maximum absolute atomic E-state index is 5.29. The van der Waals surface area contributed by atoms with Crippen molar-refractivity contribution in [3.05, 3.63) is 0 Å². The van der Waals surface area contributed by atoms with Crippen molar-refractivity contribution in [2.45, 2.75) is 13.8 Å². The molecule has 0 radical (unpaired) electrons. The molecule has 0 unspecified atom stereocenters. The van der Waals surface area contributed by atoms with E-state index in [2.05, 4.69) is 43.1 Å². The Labute approximate surface area is 113 Å². The molecule has 1 heterocycles. The lowest BCUT2D eigenvalue weighted by atomic mass is 10.2. The summed E-state index contributed by atoms with van der Waals surface area (Å²) in [6.45, 7) is 12.2. The Morgan fingerprint density at radius 2 is 1.89 bits per heavy atom. The molecule has 0 aliphatic carbocycles. The highest BCUT2D eigenvalue weighted by atomic mass is 16.5. The molecular weight excluding hydrogens is 228 g/mol. The number of nitrogens with zero attached hydrogens (tertiary/aromatic N) is 2. The molecule has 0 aromatic carbocycles. The normalized spacial score (nSPS) is 16.8. The zero-order valence-corrected chi connectivity index (χ0v) is 12.6. The van der Waals surface area contributed by atoms with Gasteiger partial charge in [-0.05, 0) is 26.6 Å². The molecule has 0 bridgehead atoms. The van der Waals surface area contributed by atoms with Gasteiger partial charge in [0.25, 0.3) is 0 Å². The number of morpholine rings is 1. The molecule has 0 amide bonds. The van der Waals surface area contributed by atoms with E-state index in [9.17, 15) is 0 Å². The molecule has 1 rings (SSSR count). The van der Waals surface area contributed by atoms with Crippen molar-refractivity contribution >= 4 is 0 Å². The van der Waals surface area contributed by atoms with Gasteiger partial charge in [-0.25, -0.2) is 0 Å². The van der Waals surface area contributed by atoms with Crippen LogP contribution >= 0.6 is 0 Å². The molecule has 110 valence electrons. The molecule has 18 heavy (non-hydrogen) atoms. The summed E-state index contributed by atoms with van der Waals surface area (Å²) in [4.78, 5) is 4.58. The Morgan fingerprint density at radius 1 is 1.28 bits per heavy atom. The number of ether oxygens (including phenoxy) is 1. The van der Waals surface area contributed by atoms with Crippen molar-refractivity contribution < 1.29 is 4.74 Å². The first-order chi connectivity index (χ1) is 8.56. The Morgan fingerprint density at radius 3 is 2.28 bits per heavy atom. The molecule has 1 saturated heterocycles. The lowest BCUT2D eigenvalue weighted by molar-refractivity contribution is 0.0385. The van der Waals surface area contributed by atoms with Gasteiger partial charge in [0.1, 0.15) is 0 Å². The molecule has 1 fully saturated rings. The first kappa shape index (κ1) is 17.8. The quantitative estimate of drug-likeness (QED) is 0.521. The average molecular weight is 260 g/mol. The van der Waals surface area contributed by atoms with Crippen LogP contribution in [0, 0.1) is 5.92 Å². The van der Waals surface area contributed by atoms with E-state index < -0.39 is 0 Å². The van der Waals surface area contributed by atoms with E-state index in [0.717, 1.165) is 45.3 Å². The van der Waals surface area contributed by atoms with Crippen molar-refractivity contribution in [3.8, 4) is 0 Å². The zero-order valence-electron chi connectivity index (χ0n) is 12.6. The van der Waals surface area contributed by atoms with Crippen LogP contribution in [0.15, 0.2) is 0 Å². The summed E-state index contributed by atoms with van der Waals surface area (Å²) in [6.07, 6.45) is 0. The lowest BCUT2D eigenvalue weighted by Gasteiger charge is -2.26. The number of rotatable bonds is 6. The largest absolute Gasteiger partial charge is 0.379 e. The summed E-state index contributed by atoms with van der Waals surface area (Å²) in [5, 5.41) is 3.09. The third-order valence-corrected chi connectivity index (χ3v) is 2.58. The molecule has 1 aliphatic rings. The Bertz CT molecular complexity index is 164. The van der Waals surface area contributed by atoms with E-state index in [1.165, 1.54) is 6.54 Å². The van der Waals surface area contributed by atoms with Gasteiger partial charge in [-0.3, -0.25) is 4.90 Å². The van der Waals surface area contributed by atoms with Crippen LogP contribution in [0.3, 0.4) is 0 Å². The van der Waals surface area contributed by atoms with Crippen LogP contribution in [0.1, 0.15) is 13.8 Å². The van der Waals surface area contributed by atoms with Gasteiger partial charge in [0, 0.05) is 32.8 Å². The van der Waals surface area contributed by atoms with E-state index in [-0.39, 0.29) is 0 Å². The van der Waals surface area contributed by atoms with Crippen molar-refractivity contribution in [2.75, 3.05) is 66.7 Å². The van der Waals surface area contributed by atoms with Crippen molar-refractivity contribution in [1.29, 1.82) is 0 Å². The second kappa shape index (κ2) is 11.9. The minimum atomic E-state index is 0.574. The number of hydrogen-bond donors (Lipinski definition) is 2. The first-order valence-electron chi connectivity index (χ1n) is 6.91. The maximum atomic E-state index is 5.29. The van der Waals surface area contributed by atoms with Gasteiger partial charge in [-0.15, -0.1) is 0 Å². The van der Waals surface area contributed by atoms with E-state index in [1.54, 1.807) is 0 Å². The summed E-state index contributed by atoms with van der Waals surface area (Å²) >= 11 is 0. The van der Waals surface area contributed by atoms with Gasteiger partial charge in [-0.1, -0.05) is 13.8 Å². The Hall–Kier alpha value is -0.200. The molecule has 5 nitrogen and oxygen atoms in total. The van der Waals surface area contributed by atoms with Crippen LogP contribution in [-0.2, 0) is 4.74 Å². The van der Waals surface area contributed by atoms with Crippen LogP contribution in [0.25, 0.3) is 0 Å². The minimum Gasteiger partial charge on any atom is -0.379 e. The maximum Gasteiger partial charge on any atom is 0.0594 e. The first-order valence-corrected chi connectivity index (χ1v) is 6.91. The highest BCUT2D eigenvalue weighted by molar-refractivity contribution is 4.62. The van der Waals surface area contributed by atoms with Gasteiger partial charge in [0.05, 0.1) is 13.2 Å². The van der Waals surface area contributed by atoms with Gasteiger partial charge in [0.2, 0.25) is 0 Å². The number of nitrogens with one attached hydrogen (secondary N) is 1. The molecule has 3 N–H and O–H groups in total. The monoisotopic (exact) mass is 260 g/mol. The van der Waals surface area contributed by atoms with Gasteiger partial charge in [0.15, 0.2) is 0 Å². The third kappa shape index (κ3) is 12.3. The van der Waals surface area contributed by atoms with E-state index in [1.807, 2.05) is 0 Å². The van der Waals surface area contributed by atoms with Crippen molar-refractivity contribution in [3.63, 3.8) is 0 Å². The number of hydrogen-bond acceptors (Lipinski definition) is 5. The molecule has 0 saturated carbocycles. The van der Waals surface area contributed by atoms with E-state index in [4.69, 9.17) is 10.5 Å². The van der Waals surface area contributed by atoms with Crippen molar-refractivity contribution in [1.82, 2.24) is 15.1 Å². The van der Waals surface area contributed by atoms with E-state index in [0.29, 0.717) is 6.67 Å². The SMILES string of the molecule is CC(C)CN(C)C.NCNCCN1CCOCC1. The molecule has 0 atom stereocenters. The topological polar surface area (TPSA) is 53.8 Å². The van der Waals surface area contributed by atoms with Crippen LogP contribution in [0.5, 0.6) is 0 Å². The molecule has 1 aliphatic heterocycles. The highest BCUT2D eigenvalue weighted by Gasteiger charge is 2.08.